The Morgan fingerprint density at radius 3 is 1.57 bits per heavy atom. The van der Waals surface area contributed by atoms with Gasteiger partial charge in [-0.3, -0.25) is 0 Å². The van der Waals surface area contributed by atoms with Crippen LogP contribution in [0.4, 0.5) is 0 Å². The van der Waals surface area contributed by atoms with E-state index in [4.69, 9.17) is 4.74 Å². The van der Waals surface area contributed by atoms with E-state index in [2.05, 4.69) is 60.6 Å². The van der Waals surface area contributed by atoms with Gasteiger partial charge >= 0.3 is 0 Å². The monoisotopic (exact) mass is 390 g/mol. The second-order valence-corrected chi connectivity index (χ2v) is 10.4. The summed E-state index contributed by atoms with van der Waals surface area (Å²) in [5, 5.41) is 10.8. The third kappa shape index (κ3) is 8.99. The molecule has 0 spiro atoms. The van der Waals surface area contributed by atoms with Crippen molar-refractivity contribution in [2.75, 3.05) is 6.61 Å². The Balaban J connectivity index is 2.46. The number of ether oxygens (including phenoxy) is 1. The lowest BCUT2D eigenvalue weighted by Gasteiger charge is -2.28. The molecule has 0 saturated heterocycles. The fourth-order valence-corrected chi connectivity index (χ4v) is 3.63. The summed E-state index contributed by atoms with van der Waals surface area (Å²) < 4.78 is 5.97. The molecular weight excluding hydrogens is 344 g/mol. The van der Waals surface area contributed by atoms with E-state index in [1.165, 1.54) is 56.9 Å². The summed E-state index contributed by atoms with van der Waals surface area (Å²) in [6.45, 7) is 16.6. The zero-order valence-corrected chi connectivity index (χ0v) is 19.8. The molecule has 0 bridgehead atoms. The number of benzene rings is 1. The summed E-state index contributed by atoms with van der Waals surface area (Å²) in [4.78, 5) is 0. The largest absolute Gasteiger partial charge is 0.507 e. The third-order valence-electron chi connectivity index (χ3n) is 5.45. The number of aromatic hydroxyl groups is 1. The van der Waals surface area contributed by atoms with Crippen molar-refractivity contribution in [3.8, 4) is 5.75 Å². The molecule has 0 aliphatic carbocycles. The highest BCUT2D eigenvalue weighted by molar-refractivity contribution is 5.49. The Hall–Kier alpha value is -1.02. The van der Waals surface area contributed by atoms with Crippen molar-refractivity contribution in [2.45, 2.75) is 124 Å². The van der Waals surface area contributed by atoms with Crippen LogP contribution in [0.15, 0.2) is 12.1 Å². The molecule has 0 unspecified atom stereocenters. The van der Waals surface area contributed by atoms with Gasteiger partial charge in [-0.15, -0.1) is 0 Å². The number of rotatable bonds is 12. The minimum Gasteiger partial charge on any atom is -0.507 e. The molecule has 0 radical (unpaired) electrons. The lowest BCUT2D eigenvalue weighted by atomic mass is 9.78. The number of hydrogen-bond donors (Lipinski definition) is 1. The van der Waals surface area contributed by atoms with Gasteiger partial charge in [-0.05, 0) is 46.1 Å². The van der Waals surface area contributed by atoms with E-state index in [1.807, 2.05) is 0 Å². The Kier molecular flexibility index (Phi) is 10.6. The molecule has 0 aliphatic heterocycles. The first-order chi connectivity index (χ1) is 13.1. The van der Waals surface area contributed by atoms with E-state index in [0.29, 0.717) is 12.4 Å². The van der Waals surface area contributed by atoms with Crippen molar-refractivity contribution in [3.05, 3.63) is 28.8 Å². The zero-order valence-electron chi connectivity index (χ0n) is 19.8. The zero-order chi connectivity index (χ0) is 21.2. The fraction of sp³-hybridized carbons (Fsp3) is 0.769. The van der Waals surface area contributed by atoms with Crippen LogP contribution >= 0.6 is 0 Å². The molecule has 1 rings (SSSR count). The van der Waals surface area contributed by atoms with Crippen LogP contribution in [0.2, 0.25) is 0 Å². The van der Waals surface area contributed by atoms with Crippen molar-refractivity contribution in [1.29, 1.82) is 0 Å². The van der Waals surface area contributed by atoms with E-state index < -0.39 is 0 Å². The molecule has 2 heteroatoms. The smallest absolute Gasteiger partial charge is 0.123 e. The number of unbranched alkanes of at least 4 members (excludes halogenated alkanes) is 8. The van der Waals surface area contributed by atoms with E-state index in [9.17, 15) is 5.11 Å². The Bertz CT molecular complexity index is 526. The van der Waals surface area contributed by atoms with Crippen molar-refractivity contribution in [2.24, 2.45) is 0 Å². The normalized spacial score (nSPS) is 12.5. The van der Waals surface area contributed by atoms with Crippen molar-refractivity contribution in [1.82, 2.24) is 0 Å². The molecule has 0 fully saturated rings. The first kappa shape index (κ1) is 25.0. The summed E-state index contributed by atoms with van der Waals surface area (Å²) in [5.74, 6) is 0.447. The standard InChI is InChI=1S/C26H46O2/c1-8-9-10-11-12-13-14-15-16-17-28-20-21-18-22(25(2,3)4)24(27)23(19-21)26(5,6)7/h18-19,27H,8-17,20H2,1-7H3. The lowest BCUT2D eigenvalue weighted by molar-refractivity contribution is 0.116. The SMILES string of the molecule is CCCCCCCCCCCOCc1cc(C(C)(C)C)c(O)c(C(C)(C)C)c1. The summed E-state index contributed by atoms with van der Waals surface area (Å²) in [7, 11) is 0. The topological polar surface area (TPSA) is 29.5 Å². The average Bonchev–Trinajstić information content (AvgIpc) is 2.58. The van der Waals surface area contributed by atoms with E-state index in [1.54, 1.807) is 0 Å². The Morgan fingerprint density at radius 1 is 0.714 bits per heavy atom. The number of phenolic OH excluding ortho intramolecular Hbond substituents is 1. The van der Waals surface area contributed by atoms with Crippen LogP contribution in [-0.4, -0.2) is 11.7 Å². The molecule has 28 heavy (non-hydrogen) atoms. The first-order valence-electron chi connectivity index (χ1n) is 11.5. The first-order valence-corrected chi connectivity index (χ1v) is 11.5. The van der Waals surface area contributed by atoms with Gasteiger partial charge in [0.1, 0.15) is 5.75 Å². The summed E-state index contributed by atoms with van der Waals surface area (Å²) >= 11 is 0. The Morgan fingerprint density at radius 2 is 1.14 bits per heavy atom. The molecule has 0 heterocycles. The van der Waals surface area contributed by atoms with Crippen LogP contribution in [0.1, 0.15) is 123 Å². The van der Waals surface area contributed by atoms with Crippen molar-refractivity contribution in [3.63, 3.8) is 0 Å². The maximum absolute atomic E-state index is 10.8. The minimum absolute atomic E-state index is 0.0861. The van der Waals surface area contributed by atoms with Crippen LogP contribution in [0.5, 0.6) is 5.75 Å². The van der Waals surface area contributed by atoms with Crippen LogP contribution in [-0.2, 0) is 22.2 Å². The predicted octanol–water partition coefficient (Wildman–Crippen LogP) is 8.03. The summed E-state index contributed by atoms with van der Waals surface area (Å²) in [6, 6.07) is 4.25. The van der Waals surface area contributed by atoms with Crippen LogP contribution in [0, 0.1) is 0 Å². The van der Waals surface area contributed by atoms with Gasteiger partial charge in [-0.1, -0.05) is 99.8 Å². The quantitative estimate of drug-likeness (QED) is 0.366. The summed E-state index contributed by atoms with van der Waals surface area (Å²) in [5.41, 5.74) is 3.03. The average molecular weight is 391 g/mol. The minimum atomic E-state index is -0.0861. The lowest BCUT2D eigenvalue weighted by Crippen LogP contribution is -2.18. The van der Waals surface area contributed by atoms with Gasteiger partial charge in [0, 0.05) is 6.61 Å². The molecular formula is C26H46O2. The molecule has 1 aromatic rings. The van der Waals surface area contributed by atoms with Gasteiger partial charge in [0.15, 0.2) is 0 Å². The van der Waals surface area contributed by atoms with Gasteiger partial charge < -0.3 is 9.84 Å². The maximum Gasteiger partial charge on any atom is 0.123 e. The second kappa shape index (κ2) is 11.9. The molecule has 2 nitrogen and oxygen atoms in total. The second-order valence-electron chi connectivity index (χ2n) is 10.4. The van der Waals surface area contributed by atoms with Gasteiger partial charge in [-0.25, -0.2) is 0 Å². The van der Waals surface area contributed by atoms with E-state index >= 15 is 0 Å². The van der Waals surface area contributed by atoms with Crippen LogP contribution in [0.3, 0.4) is 0 Å². The predicted molar refractivity (Wildman–Crippen MR) is 122 cm³/mol. The van der Waals surface area contributed by atoms with Gasteiger partial charge in [0.05, 0.1) is 6.61 Å². The van der Waals surface area contributed by atoms with E-state index in [-0.39, 0.29) is 10.8 Å². The van der Waals surface area contributed by atoms with Crippen molar-refractivity contribution < 1.29 is 9.84 Å². The maximum atomic E-state index is 10.8. The molecule has 162 valence electrons. The molecule has 0 saturated carbocycles. The van der Waals surface area contributed by atoms with Gasteiger partial charge in [-0.2, -0.15) is 0 Å². The molecule has 0 aliphatic rings. The highest BCUT2D eigenvalue weighted by atomic mass is 16.5. The molecule has 1 N–H and O–H groups in total. The van der Waals surface area contributed by atoms with E-state index in [0.717, 1.165) is 24.2 Å². The number of phenols is 1. The highest BCUT2D eigenvalue weighted by Gasteiger charge is 2.26. The third-order valence-corrected chi connectivity index (χ3v) is 5.45. The Labute approximate surface area is 175 Å². The summed E-state index contributed by atoms with van der Waals surface area (Å²) in [6.07, 6.45) is 12.0. The number of hydrogen-bond acceptors (Lipinski definition) is 2. The van der Waals surface area contributed by atoms with Gasteiger partial charge in [0.25, 0.3) is 0 Å². The van der Waals surface area contributed by atoms with Crippen LogP contribution < -0.4 is 0 Å². The fourth-order valence-electron chi connectivity index (χ4n) is 3.63. The molecule has 0 atom stereocenters. The molecule has 0 amide bonds. The van der Waals surface area contributed by atoms with Gasteiger partial charge in [0.2, 0.25) is 0 Å². The van der Waals surface area contributed by atoms with Crippen molar-refractivity contribution >= 4 is 0 Å². The highest BCUT2D eigenvalue weighted by Crippen LogP contribution is 2.39. The molecule has 1 aromatic carbocycles. The van der Waals surface area contributed by atoms with Crippen LogP contribution in [0.25, 0.3) is 0 Å². The molecule has 0 aromatic heterocycles.